The van der Waals surface area contributed by atoms with Crippen LogP contribution in [0.4, 0.5) is 4.39 Å². The molecule has 0 bridgehead atoms. The highest BCUT2D eigenvalue weighted by atomic mass is 19.1. The van der Waals surface area contributed by atoms with Crippen molar-refractivity contribution in [3.8, 4) is 6.07 Å². The van der Waals surface area contributed by atoms with Crippen LogP contribution in [-0.4, -0.2) is 18.0 Å². The number of hydrogen-bond donors (Lipinski definition) is 0. The Morgan fingerprint density at radius 2 is 1.91 bits per heavy atom. The van der Waals surface area contributed by atoms with Crippen LogP contribution in [0.25, 0.3) is 0 Å². The summed E-state index contributed by atoms with van der Waals surface area (Å²) in [6.07, 6.45) is 0. The molecule has 3 nitrogen and oxygen atoms in total. The van der Waals surface area contributed by atoms with Crippen LogP contribution in [0.15, 0.2) is 17.1 Å². The highest BCUT2D eigenvalue weighted by Gasteiger charge is 2.30. The van der Waals surface area contributed by atoms with Gasteiger partial charge in [-0.05, 0) is 51.8 Å². The molecule has 0 amide bonds. The van der Waals surface area contributed by atoms with E-state index in [0.717, 1.165) is 5.56 Å². The molecule has 0 aliphatic carbocycles. The third-order valence-corrected chi connectivity index (χ3v) is 3.47. The maximum atomic E-state index is 14.4. The molecule has 1 aliphatic rings. The summed E-state index contributed by atoms with van der Waals surface area (Å²) >= 11 is 0. The normalized spacial score (nSPS) is 16.0. The molecule has 1 aliphatic heterocycles. The molecule has 4 heteroatoms. The van der Waals surface area contributed by atoms with Crippen LogP contribution in [0.1, 0.15) is 58.2 Å². The molecule has 2 rings (SSSR count). The average Bonchev–Trinajstić information content (AvgIpc) is 2.80. The smallest absolute Gasteiger partial charge is 0.220 e. The average molecular weight is 304 g/mol. The third-order valence-electron chi connectivity index (χ3n) is 3.47. The van der Waals surface area contributed by atoms with Crippen molar-refractivity contribution in [2.45, 2.75) is 59.4 Å². The first-order chi connectivity index (χ1) is 10.2. The first-order valence-corrected chi connectivity index (χ1v) is 7.61. The predicted octanol–water partition coefficient (Wildman–Crippen LogP) is 4.52. The van der Waals surface area contributed by atoms with Crippen molar-refractivity contribution >= 4 is 5.90 Å². The Labute approximate surface area is 132 Å². The second-order valence-electron chi connectivity index (χ2n) is 6.40. The fourth-order valence-corrected chi connectivity index (χ4v) is 2.15. The molecule has 1 aromatic rings. The zero-order chi connectivity index (χ0) is 17.1. The fourth-order valence-electron chi connectivity index (χ4n) is 2.15. The number of rotatable bonds is 2. The lowest BCUT2D eigenvalue weighted by Gasteiger charge is -2.18. The standard InChI is InChI=1S/C16H19FN2O.C2H6/c1-10-6-11(15(2,3)8-18)7-12(17)13(10)14-19-16(4,5)9-20-14;1-2/h6-7H,9H2,1-5H3;1-2H3. The summed E-state index contributed by atoms with van der Waals surface area (Å²) < 4.78 is 19.9. The summed E-state index contributed by atoms with van der Waals surface area (Å²) in [6.45, 7) is 13.7. The Bertz CT molecular complexity index is 601. The van der Waals surface area contributed by atoms with Gasteiger partial charge >= 0.3 is 0 Å². The minimum absolute atomic E-state index is 0.321. The van der Waals surface area contributed by atoms with Crippen LogP contribution in [-0.2, 0) is 10.2 Å². The van der Waals surface area contributed by atoms with Gasteiger partial charge in [-0.25, -0.2) is 9.38 Å². The number of ether oxygens (including phenoxy) is 1. The Kier molecular flexibility index (Phi) is 5.35. The summed E-state index contributed by atoms with van der Waals surface area (Å²) in [5, 5.41) is 9.16. The summed E-state index contributed by atoms with van der Waals surface area (Å²) in [5.41, 5.74) is 0.755. The molecule has 22 heavy (non-hydrogen) atoms. The van der Waals surface area contributed by atoms with Crippen LogP contribution < -0.4 is 0 Å². The number of aryl methyl sites for hydroxylation is 1. The minimum atomic E-state index is -0.720. The molecule has 0 fully saturated rings. The second-order valence-corrected chi connectivity index (χ2v) is 6.40. The molecule has 0 spiro atoms. The molecule has 0 aromatic heterocycles. The van der Waals surface area contributed by atoms with Gasteiger partial charge in [-0.15, -0.1) is 0 Å². The van der Waals surface area contributed by atoms with Gasteiger partial charge in [0.05, 0.1) is 22.6 Å². The van der Waals surface area contributed by atoms with Crippen LogP contribution in [0.5, 0.6) is 0 Å². The number of aliphatic imine (C=N–C) groups is 1. The van der Waals surface area contributed by atoms with E-state index in [1.54, 1.807) is 13.8 Å². The van der Waals surface area contributed by atoms with Crippen molar-refractivity contribution in [2.75, 3.05) is 6.61 Å². The minimum Gasteiger partial charge on any atom is -0.475 e. The lowest BCUT2D eigenvalue weighted by Crippen LogP contribution is -2.17. The van der Waals surface area contributed by atoms with E-state index in [2.05, 4.69) is 11.1 Å². The summed E-state index contributed by atoms with van der Waals surface area (Å²) in [5.74, 6) is -0.0360. The Morgan fingerprint density at radius 1 is 1.32 bits per heavy atom. The van der Waals surface area contributed by atoms with E-state index in [0.29, 0.717) is 23.6 Å². The van der Waals surface area contributed by atoms with Crippen LogP contribution in [0, 0.1) is 24.1 Å². The van der Waals surface area contributed by atoms with Gasteiger partial charge in [-0.2, -0.15) is 5.26 Å². The molecule has 0 saturated carbocycles. The zero-order valence-electron chi connectivity index (χ0n) is 14.5. The number of nitrogens with zero attached hydrogens (tertiary/aromatic N) is 2. The first-order valence-electron chi connectivity index (χ1n) is 7.61. The SMILES string of the molecule is CC.Cc1cc(C(C)(C)C#N)cc(F)c1C1=NC(C)(C)CO1. The van der Waals surface area contributed by atoms with Crippen molar-refractivity contribution < 1.29 is 9.13 Å². The van der Waals surface area contributed by atoms with E-state index in [4.69, 9.17) is 10.00 Å². The van der Waals surface area contributed by atoms with Gasteiger partial charge in [0.25, 0.3) is 0 Å². The fraction of sp³-hybridized carbons (Fsp3) is 0.556. The number of halogens is 1. The molecule has 0 saturated heterocycles. The van der Waals surface area contributed by atoms with Crippen molar-refractivity contribution in [3.63, 3.8) is 0 Å². The highest BCUT2D eigenvalue weighted by molar-refractivity contribution is 5.97. The van der Waals surface area contributed by atoms with E-state index < -0.39 is 5.41 Å². The molecule has 0 N–H and O–H groups in total. The van der Waals surface area contributed by atoms with Crippen molar-refractivity contribution in [1.82, 2.24) is 0 Å². The largest absolute Gasteiger partial charge is 0.475 e. The van der Waals surface area contributed by atoms with Crippen LogP contribution in [0.3, 0.4) is 0 Å². The Hall–Kier alpha value is -1.89. The molecule has 0 atom stereocenters. The molecule has 1 heterocycles. The van der Waals surface area contributed by atoms with Gasteiger partial charge in [0.15, 0.2) is 0 Å². The maximum absolute atomic E-state index is 14.4. The summed E-state index contributed by atoms with van der Waals surface area (Å²) in [6, 6.07) is 5.42. The monoisotopic (exact) mass is 304 g/mol. The third kappa shape index (κ3) is 3.65. The van der Waals surface area contributed by atoms with E-state index in [-0.39, 0.29) is 11.4 Å². The molecule has 1 aromatic carbocycles. The number of benzene rings is 1. The first kappa shape index (κ1) is 18.2. The Morgan fingerprint density at radius 3 is 2.32 bits per heavy atom. The molecular weight excluding hydrogens is 279 g/mol. The second kappa shape index (κ2) is 6.48. The number of hydrogen-bond acceptors (Lipinski definition) is 3. The summed E-state index contributed by atoms with van der Waals surface area (Å²) in [7, 11) is 0. The van der Waals surface area contributed by atoms with E-state index >= 15 is 0 Å². The zero-order valence-corrected chi connectivity index (χ0v) is 14.5. The maximum Gasteiger partial charge on any atom is 0.220 e. The van der Waals surface area contributed by atoms with Crippen molar-refractivity contribution in [3.05, 3.63) is 34.6 Å². The van der Waals surface area contributed by atoms with E-state index in [1.807, 2.05) is 40.7 Å². The van der Waals surface area contributed by atoms with Gasteiger partial charge < -0.3 is 4.74 Å². The van der Waals surface area contributed by atoms with Crippen molar-refractivity contribution in [1.29, 1.82) is 5.26 Å². The molecule has 0 unspecified atom stereocenters. The van der Waals surface area contributed by atoms with Crippen molar-refractivity contribution in [2.24, 2.45) is 4.99 Å². The quantitative estimate of drug-likeness (QED) is 0.806. The van der Waals surface area contributed by atoms with E-state index in [1.165, 1.54) is 6.07 Å². The molecular formula is C18H25FN2O. The molecule has 0 radical (unpaired) electrons. The topological polar surface area (TPSA) is 45.4 Å². The lowest BCUT2D eigenvalue weighted by atomic mass is 9.84. The number of nitriles is 1. The van der Waals surface area contributed by atoms with Crippen LogP contribution in [0.2, 0.25) is 0 Å². The van der Waals surface area contributed by atoms with Crippen LogP contribution >= 0.6 is 0 Å². The lowest BCUT2D eigenvalue weighted by molar-refractivity contribution is 0.278. The Balaban J connectivity index is 0.00000116. The van der Waals surface area contributed by atoms with Gasteiger partial charge in [0, 0.05) is 0 Å². The predicted molar refractivity (Wildman–Crippen MR) is 87.7 cm³/mol. The highest BCUT2D eigenvalue weighted by Crippen LogP contribution is 2.29. The molecule has 120 valence electrons. The van der Waals surface area contributed by atoms with E-state index in [9.17, 15) is 4.39 Å². The van der Waals surface area contributed by atoms with Gasteiger partial charge in [-0.1, -0.05) is 19.9 Å². The summed E-state index contributed by atoms with van der Waals surface area (Å²) in [4.78, 5) is 4.41. The van der Waals surface area contributed by atoms with Gasteiger partial charge in [0.2, 0.25) is 5.90 Å². The van der Waals surface area contributed by atoms with Gasteiger partial charge in [-0.3, -0.25) is 0 Å². The van der Waals surface area contributed by atoms with Gasteiger partial charge in [0.1, 0.15) is 12.4 Å².